The Balaban J connectivity index is 4.01. The molecule has 0 spiro atoms. The lowest BCUT2D eigenvalue weighted by atomic mass is 9.97. The molecule has 0 saturated heterocycles. The van der Waals surface area contributed by atoms with Crippen LogP contribution in [0.4, 0.5) is 0 Å². The van der Waals surface area contributed by atoms with Gasteiger partial charge in [-0.15, -0.1) is 0 Å². The average molecular weight is 284 g/mol. The molecule has 0 rings (SSSR count). The Bertz CT molecular complexity index is 233. The van der Waals surface area contributed by atoms with Gasteiger partial charge in [0.15, 0.2) is 0 Å². The van der Waals surface area contributed by atoms with E-state index in [0.717, 1.165) is 0 Å². The van der Waals surface area contributed by atoms with Crippen LogP contribution < -0.4 is 0 Å². The quantitative estimate of drug-likeness (QED) is 0.399. The van der Waals surface area contributed by atoms with Crippen LogP contribution in [0.15, 0.2) is 0 Å². The molecule has 0 bridgehead atoms. The zero-order chi connectivity index (χ0) is 12.6. The highest BCUT2D eigenvalue weighted by Gasteiger charge is 2.27. The largest absolute Gasteiger partial charge is 0.481 e. The van der Waals surface area contributed by atoms with Gasteiger partial charge in [0, 0.05) is 22.7 Å². The molecule has 4 nitrogen and oxygen atoms in total. The van der Waals surface area contributed by atoms with Crippen LogP contribution in [0.1, 0.15) is 12.8 Å². The molecule has 0 aromatic rings. The normalized spacial score (nSPS) is 11.2. The molecule has 7 heteroatoms. The van der Waals surface area contributed by atoms with Crippen molar-refractivity contribution in [2.45, 2.75) is 12.8 Å². The summed E-state index contributed by atoms with van der Waals surface area (Å²) in [6.45, 7) is 0.169. The molecule has 0 fully saturated rings. The Morgan fingerprint density at radius 1 is 1.06 bits per heavy atom. The summed E-state index contributed by atoms with van der Waals surface area (Å²) in [6, 6.07) is 0. The monoisotopic (exact) mass is 284 g/mol. The molecule has 0 atom stereocenters. The molecule has 16 heavy (non-hydrogen) atoms. The van der Waals surface area contributed by atoms with Gasteiger partial charge in [0.1, 0.15) is 0 Å². The molecule has 94 valence electrons. The van der Waals surface area contributed by atoms with Gasteiger partial charge in [-0.3, -0.25) is 9.59 Å². The van der Waals surface area contributed by atoms with Crippen molar-refractivity contribution in [3.05, 3.63) is 0 Å². The third-order valence-electron chi connectivity index (χ3n) is 2.09. The van der Waals surface area contributed by atoms with Gasteiger partial charge >= 0.3 is 11.9 Å². The van der Waals surface area contributed by atoms with Crippen molar-refractivity contribution in [2.24, 2.45) is 5.41 Å². The molecule has 0 aromatic heterocycles. The molecule has 0 aliphatic rings. The first-order valence-corrected chi connectivity index (χ1v) is 6.59. The topological polar surface area (TPSA) is 63.6 Å². The number of rotatable bonds is 8. The van der Waals surface area contributed by atoms with Crippen LogP contribution in [0.3, 0.4) is 0 Å². The summed E-state index contributed by atoms with van der Waals surface area (Å²) in [7, 11) is 0. The second-order valence-corrected chi connectivity index (χ2v) is 4.48. The SMILES string of the molecule is O=C(O)CCC(=O)OCC(CS)(CS)CS. The van der Waals surface area contributed by atoms with E-state index in [1.54, 1.807) is 0 Å². The van der Waals surface area contributed by atoms with Gasteiger partial charge in [-0.25, -0.2) is 0 Å². The van der Waals surface area contributed by atoms with Crippen molar-refractivity contribution in [3.63, 3.8) is 0 Å². The minimum Gasteiger partial charge on any atom is -0.481 e. The van der Waals surface area contributed by atoms with Gasteiger partial charge in [-0.2, -0.15) is 37.9 Å². The first-order valence-electron chi connectivity index (χ1n) is 4.69. The lowest BCUT2D eigenvalue weighted by molar-refractivity contribution is -0.149. The van der Waals surface area contributed by atoms with E-state index in [1.165, 1.54) is 0 Å². The van der Waals surface area contributed by atoms with Crippen LogP contribution in [0.25, 0.3) is 0 Å². The number of ether oxygens (including phenoxy) is 1. The molecular formula is C9H16O4S3. The number of carbonyl (C=O) groups is 2. The fourth-order valence-corrected chi connectivity index (χ4v) is 2.28. The fraction of sp³-hybridized carbons (Fsp3) is 0.778. The molecule has 0 unspecified atom stereocenters. The zero-order valence-corrected chi connectivity index (χ0v) is 11.4. The molecule has 0 aromatic carbocycles. The summed E-state index contributed by atoms with van der Waals surface area (Å²) in [5.41, 5.74) is -0.353. The number of thiol groups is 3. The van der Waals surface area contributed by atoms with Crippen molar-refractivity contribution in [1.82, 2.24) is 0 Å². The van der Waals surface area contributed by atoms with Crippen molar-refractivity contribution >= 4 is 49.8 Å². The lowest BCUT2D eigenvalue weighted by Gasteiger charge is -2.27. The second-order valence-electron chi connectivity index (χ2n) is 3.53. The van der Waals surface area contributed by atoms with E-state index >= 15 is 0 Å². The molecule has 0 amide bonds. The minimum absolute atomic E-state index is 0.114. The third kappa shape index (κ3) is 5.91. The van der Waals surface area contributed by atoms with Crippen LogP contribution in [-0.2, 0) is 14.3 Å². The Kier molecular flexibility index (Phi) is 8.13. The smallest absolute Gasteiger partial charge is 0.306 e. The molecule has 1 N–H and O–H groups in total. The molecule has 0 aliphatic heterocycles. The molecular weight excluding hydrogens is 268 g/mol. The summed E-state index contributed by atoms with van der Waals surface area (Å²) in [6.07, 6.45) is -0.328. The maximum atomic E-state index is 11.2. The summed E-state index contributed by atoms with van der Waals surface area (Å²) in [5, 5.41) is 8.38. The highest BCUT2D eigenvalue weighted by atomic mass is 32.1. The van der Waals surface area contributed by atoms with Crippen LogP contribution >= 0.6 is 37.9 Å². The number of carbonyl (C=O) groups excluding carboxylic acids is 1. The zero-order valence-electron chi connectivity index (χ0n) is 8.76. The molecule has 0 radical (unpaired) electrons. The Morgan fingerprint density at radius 3 is 1.94 bits per heavy atom. The summed E-state index contributed by atoms with van der Waals surface area (Å²) >= 11 is 12.5. The van der Waals surface area contributed by atoms with Crippen LogP contribution in [0, 0.1) is 5.41 Å². The molecule has 0 heterocycles. The van der Waals surface area contributed by atoms with Gasteiger partial charge in [0.05, 0.1) is 19.4 Å². The van der Waals surface area contributed by atoms with E-state index < -0.39 is 11.9 Å². The van der Waals surface area contributed by atoms with Crippen molar-refractivity contribution in [3.8, 4) is 0 Å². The van der Waals surface area contributed by atoms with E-state index in [2.05, 4.69) is 37.9 Å². The highest BCUT2D eigenvalue weighted by molar-refractivity contribution is 7.82. The number of esters is 1. The van der Waals surface area contributed by atoms with Crippen LogP contribution in [0.2, 0.25) is 0 Å². The van der Waals surface area contributed by atoms with Crippen LogP contribution in [-0.4, -0.2) is 40.9 Å². The number of hydrogen-bond acceptors (Lipinski definition) is 6. The lowest BCUT2D eigenvalue weighted by Crippen LogP contribution is -2.34. The summed E-state index contributed by atoms with van der Waals surface area (Å²) in [4.78, 5) is 21.4. The number of carboxylic acid groups (broad SMARTS) is 1. The predicted octanol–water partition coefficient (Wildman–Crippen LogP) is 1.17. The van der Waals surface area contributed by atoms with Gasteiger partial charge in [-0.1, -0.05) is 0 Å². The van der Waals surface area contributed by atoms with E-state index in [0.29, 0.717) is 17.3 Å². The van der Waals surface area contributed by atoms with E-state index in [1.807, 2.05) is 0 Å². The third-order valence-corrected chi connectivity index (χ3v) is 4.10. The Labute approximate surface area is 111 Å². The molecule has 0 saturated carbocycles. The van der Waals surface area contributed by atoms with Crippen molar-refractivity contribution in [2.75, 3.05) is 23.9 Å². The molecule has 0 aliphatic carbocycles. The van der Waals surface area contributed by atoms with E-state index in [9.17, 15) is 9.59 Å². The van der Waals surface area contributed by atoms with Crippen molar-refractivity contribution in [1.29, 1.82) is 0 Å². The Hall–Kier alpha value is -0.0100. The van der Waals surface area contributed by atoms with Gasteiger partial charge in [-0.05, 0) is 0 Å². The minimum atomic E-state index is -1.01. The highest BCUT2D eigenvalue weighted by Crippen LogP contribution is 2.23. The predicted molar refractivity (Wildman–Crippen MR) is 71.8 cm³/mol. The van der Waals surface area contributed by atoms with Gasteiger partial charge in [0.2, 0.25) is 0 Å². The number of carboxylic acids is 1. The summed E-state index contributed by atoms with van der Waals surface area (Å²) < 4.78 is 4.98. The Morgan fingerprint density at radius 2 is 1.56 bits per heavy atom. The second kappa shape index (κ2) is 8.14. The summed E-state index contributed by atoms with van der Waals surface area (Å²) in [5.74, 6) is -0.0112. The van der Waals surface area contributed by atoms with E-state index in [-0.39, 0.29) is 24.9 Å². The standard InChI is InChI=1S/C9H16O4S3/c10-7(11)1-2-8(12)13-3-9(4-14,5-15)6-16/h14-16H,1-6H2,(H,10,11). The van der Waals surface area contributed by atoms with Crippen LogP contribution in [0.5, 0.6) is 0 Å². The number of hydrogen-bond donors (Lipinski definition) is 4. The number of aliphatic carboxylic acids is 1. The van der Waals surface area contributed by atoms with Gasteiger partial charge in [0.25, 0.3) is 0 Å². The first kappa shape index (κ1) is 16.0. The average Bonchev–Trinajstić information content (AvgIpc) is 2.29. The first-order chi connectivity index (χ1) is 7.49. The maximum Gasteiger partial charge on any atom is 0.306 e. The van der Waals surface area contributed by atoms with E-state index in [4.69, 9.17) is 9.84 Å². The van der Waals surface area contributed by atoms with Gasteiger partial charge < -0.3 is 9.84 Å². The maximum absolute atomic E-state index is 11.2. The fourth-order valence-electron chi connectivity index (χ4n) is 0.802. The van der Waals surface area contributed by atoms with Crippen molar-refractivity contribution < 1.29 is 19.4 Å².